The second-order valence-corrected chi connectivity index (χ2v) is 3.10. The van der Waals surface area contributed by atoms with Gasteiger partial charge in [-0.25, -0.2) is 4.39 Å². The molecular formula is C9H12FNOS. The fourth-order valence-corrected chi connectivity index (χ4v) is 1.18. The smallest absolute Gasteiger partial charge is 0.165 e. The molecule has 1 atom stereocenters. The first kappa shape index (κ1) is 10.3. The molecule has 4 heteroatoms. The van der Waals surface area contributed by atoms with Crippen molar-refractivity contribution in [3.63, 3.8) is 0 Å². The second kappa shape index (κ2) is 4.48. The minimum Gasteiger partial charge on any atom is -0.494 e. The summed E-state index contributed by atoms with van der Waals surface area (Å²) in [5, 5.41) is 2.75. The molecule has 13 heavy (non-hydrogen) atoms. The van der Waals surface area contributed by atoms with E-state index in [0.717, 1.165) is 5.56 Å². The Balaban J connectivity index is 2.95. The summed E-state index contributed by atoms with van der Waals surface area (Å²) in [5.74, 6) is -0.116. The minimum atomic E-state index is -0.366. The van der Waals surface area contributed by atoms with Crippen LogP contribution in [0.3, 0.4) is 0 Å². The van der Waals surface area contributed by atoms with Gasteiger partial charge in [-0.1, -0.05) is 6.07 Å². The van der Waals surface area contributed by atoms with Crippen LogP contribution in [0.25, 0.3) is 0 Å². The summed E-state index contributed by atoms with van der Waals surface area (Å²) in [4.78, 5) is 0. The molecule has 0 radical (unpaired) electrons. The highest BCUT2D eigenvalue weighted by molar-refractivity contribution is 7.80. The Morgan fingerprint density at radius 3 is 2.69 bits per heavy atom. The predicted molar refractivity (Wildman–Crippen MR) is 53.7 cm³/mol. The number of methoxy groups -OCH3 is 1. The topological polar surface area (TPSA) is 21.3 Å². The van der Waals surface area contributed by atoms with E-state index >= 15 is 0 Å². The fourth-order valence-electron chi connectivity index (χ4n) is 1.02. The molecule has 72 valence electrons. The highest BCUT2D eigenvalue weighted by atomic mass is 32.1. The van der Waals surface area contributed by atoms with E-state index in [0.29, 0.717) is 0 Å². The Hall–Kier alpha value is -0.740. The van der Waals surface area contributed by atoms with Crippen molar-refractivity contribution in [3.05, 3.63) is 29.6 Å². The van der Waals surface area contributed by atoms with Gasteiger partial charge in [-0.2, -0.15) is 12.6 Å². The first-order chi connectivity index (χ1) is 6.19. The molecule has 0 spiro atoms. The molecule has 0 aliphatic carbocycles. The quantitative estimate of drug-likeness (QED) is 0.576. The molecule has 0 aliphatic heterocycles. The van der Waals surface area contributed by atoms with Gasteiger partial charge in [-0.15, -0.1) is 0 Å². The van der Waals surface area contributed by atoms with E-state index < -0.39 is 0 Å². The number of halogens is 1. The molecule has 2 nitrogen and oxygen atoms in total. The van der Waals surface area contributed by atoms with Crippen LogP contribution in [-0.2, 0) is 0 Å². The van der Waals surface area contributed by atoms with Crippen LogP contribution in [-0.4, -0.2) is 14.2 Å². The average molecular weight is 201 g/mol. The van der Waals surface area contributed by atoms with Crippen LogP contribution in [0.2, 0.25) is 0 Å². The zero-order valence-corrected chi connectivity index (χ0v) is 8.44. The Bertz CT molecular complexity index is 293. The van der Waals surface area contributed by atoms with Gasteiger partial charge in [0, 0.05) is 0 Å². The molecule has 0 aromatic heterocycles. The lowest BCUT2D eigenvalue weighted by molar-refractivity contribution is 0.386. The van der Waals surface area contributed by atoms with Gasteiger partial charge in [-0.05, 0) is 24.7 Å². The maximum Gasteiger partial charge on any atom is 0.165 e. The van der Waals surface area contributed by atoms with E-state index in [9.17, 15) is 4.39 Å². The first-order valence-electron chi connectivity index (χ1n) is 3.87. The number of thiol groups is 1. The monoisotopic (exact) mass is 201 g/mol. The number of benzene rings is 1. The standard InChI is InChI=1S/C9H12FNOS/c1-11-9(13)6-3-4-8(12-2)7(10)5-6/h3-5,9,11,13H,1-2H3. The van der Waals surface area contributed by atoms with Gasteiger partial charge in [0.1, 0.15) is 0 Å². The molecule has 0 amide bonds. The maximum absolute atomic E-state index is 13.2. The van der Waals surface area contributed by atoms with Gasteiger partial charge in [0.2, 0.25) is 0 Å². The maximum atomic E-state index is 13.2. The molecular weight excluding hydrogens is 189 g/mol. The van der Waals surface area contributed by atoms with Crippen molar-refractivity contribution in [2.45, 2.75) is 5.37 Å². The van der Waals surface area contributed by atoms with Crippen molar-refractivity contribution in [2.24, 2.45) is 0 Å². The van der Waals surface area contributed by atoms with E-state index in [4.69, 9.17) is 4.74 Å². The Morgan fingerprint density at radius 2 is 2.23 bits per heavy atom. The van der Waals surface area contributed by atoms with Gasteiger partial charge in [-0.3, -0.25) is 0 Å². The summed E-state index contributed by atoms with van der Waals surface area (Å²) in [6, 6.07) is 4.77. The molecule has 1 N–H and O–H groups in total. The highest BCUT2D eigenvalue weighted by Gasteiger charge is 2.07. The molecule has 1 aromatic carbocycles. The number of rotatable bonds is 3. The van der Waals surface area contributed by atoms with Crippen molar-refractivity contribution >= 4 is 12.6 Å². The number of nitrogens with one attached hydrogen (secondary N) is 1. The first-order valence-corrected chi connectivity index (χ1v) is 4.39. The van der Waals surface area contributed by atoms with Crippen LogP contribution >= 0.6 is 12.6 Å². The number of ether oxygens (including phenoxy) is 1. The lowest BCUT2D eigenvalue weighted by Gasteiger charge is -2.10. The van der Waals surface area contributed by atoms with Crippen LogP contribution in [0.5, 0.6) is 5.75 Å². The van der Waals surface area contributed by atoms with Gasteiger partial charge in [0.05, 0.1) is 12.5 Å². The molecule has 1 aromatic rings. The summed E-state index contributed by atoms with van der Waals surface area (Å²) in [5.41, 5.74) is 0.782. The van der Waals surface area contributed by atoms with Gasteiger partial charge in [0.25, 0.3) is 0 Å². The molecule has 1 unspecified atom stereocenters. The summed E-state index contributed by atoms with van der Waals surface area (Å²) >= 11 is 4.21. The van der Waals surface area contributed by atoms with E-state index in [1.807, 2.05) is 0 Å². The van der Waals surface area contributed by atoms with Gasteiger partial charge < -0.3 is 10.1 Å². The molecule has 0 bridgehead atoms. The lowest BCUT2D eigenvalue weighted by atomic mass is 10.2. The lowest BCUT2D eigenvalue weighted by Crippen LogP contribution is -2.10. The molecule has 1 rings (SSSR count). The van der Waals surface area contributed by atoms with Crippen LogP contribution in [0.15, 0.2) is 18.2 Å². The molecule has 0 heterocycles. The van der Waals surface area contributed by atoms with Crippen molar-refractivity contribution in [3.8, 4) is 5.75 Å². The molecule has 0 fully saturated rings. The number of hydrogen-bond acceptors (Lipinski definition) is 3. The summed E-state index contributed by atoms with van der Waals surface area (Å²) < 4.78 is 18.0. The van der Waals surface area contributed by atoms with E-state index in [1.165, 1.54) is 13.2 Å². The average Bonchev–Trinajstić information content (AvgIpc) is 2.16. The Morgan fingerprint density at radius 1 is 1.54 bits per heavy atom. The van der Waals surface area contributed by atoms with E-state index in [1.54, 1.807) is 19.2 Å². The molecule has 0 saturated heterocycles. The fraction of sp³-hybridized carbons (Fsp3) is 0.333. The van der Waals surface area contributed by atoms with Crippen molar-refractivity contribution < 1.29 is 9.13 Å². The Labute approximate surface area is 82.5 Å². The zero-order valence-electron chi connectivity index (χ0n) is 7.54. The Kier molecular flexibility index (Phi) is 3.57. The van der Waals surface area contributed by atoms with Crippen molar-refractivity contribution in [2.75, 3.05) is 14.2 Å². The van der Waals surface area contributed by atoms with Crippen LogP contribution < -0.4 is 10.1 Å². The summed E-state index contributed by atoms with van der Waals surface area (Å²) in [6.07, 6.45) is 0. The normalized spacial score (nSPS) is 12.6. The van der Waals surface area contributed by atoms with Crippen molar-refractivity contribution in [1.82, 2.24) is 5.32 Å². The third-order valence-corrected chi connectivity index (χ3v) is 2.32. The van der Waals surface area contributed by atoms with E-state index in [-0.39, 0.29) is 16.9 Å². The van der Waals surface area contributed by atoms with Crippen LogP contribution in [0.4, 0.5) is 4.39 Å². The summed E-state index contributed by atoms with van der Waals surface area (Å²) in [7, 11) is 3.20. The third-order valence-electron chi connectivity index (χ3n) is 1.77. The van der Waals surface area contributed by atoms with Crippen molar-refractivity contribution in [1.29, 1.82) is 0 Å². The zero-order chi connectivity index (χ0) is 9.84. The molecule has 0 aliphatic rings. The molecule has 0 saturated carbocycles. The van der Waals surface area contributed by atoms with Gasteiger partial charge >= 0.3 is 0 Å². The highest BCUT2D eigenvalue weighted by Crippen LogP contribution is 2.23. The van der Waals surface area contributed by atoms with Crippen LogP contribution in [0.1, 0.15) is 10.9 Å². The van der Waals surface area contributed by atoms with E-state index in [2.05, 4.69) is 17.9 Å². The van der Waals surface area contributed by atoms with Gasteiger partial charge in [0.15, 0.2) is 11.6 Å². The second-order valence-electron chi connectivity index (χ2n) is 2.59. The predicted octanol–water partition coefficient (Wildman–Crippen LogP) is 1.98. The number of hydrogen-bond donors (Lipinski definition) is 2. The SMILES string of the molecule is CNC(S)c1ccc(OC)c(F)c1. The largest absolute Gasteiger partial charge is 0.494 e. The van der Waals surface area contributed by atoms with Crippen LogP contribution in [0, 0.1) is 5.82 Å². The summed E-state index contributed by atoms with van der Waals surface area (Å²) in [6.45, 7) is 0. The third kappa shape index (κ3) is 2.35. The minimum absolute atomic E-state index is 0.152.